The molecule has 2 aliphatic heterocycles. The third-order valence-corrected chi connectivity index (χ3v) is 4.23. The van der Waals surface area contributed by atoms with Crippen LogP contribution in [-0.4, -0.2) is 73.5 Å². The standard InChI is InChI=1S/C14H28N3/c1-3-6-16-9-11-17(12-10-16)13-14-4-7-15(2)8-5-14/h14H,2-13H2,1H3/q+1. The molecule has 0 aromatic heterocycles. The third kappa shape index (κ3) is 4.07. The van der Waals surface area contributed by atoms with Crippen molar-refractivity contribution in [2.75, 3.05) is 52.4 Å². The molecule has 2 saturated heterocycles. The molecule has 0 aromatic rings. The normalized spacial score (nSPS) is 25.4. The van der Waals surface area contributed by atoms with E-state index in [-0.39, 0.29) is 0 Å². The fraction of sp³-hybridized carbons (Fsp3) is 0.929. The number of piperazine rings is 1. The van der Waals surface area contributed by atoms with Gasteiger partial charge in [0, 0.05) is 45.6 Å². The Kier molecular flexibility index (Phi) is 4.99. The largest absolute Gasteiger partial charge is 0.301 e. The van der Waals surface area contributed by atoms with Crippen molar-refractivity contribution in [1.29, 1.82) is 0 Å². The van der Waals surface area contributed by atoms with Gasteiger partial charge in [-0.3, -0.25) is 0 Å². The van der Waals surface area contributed by atoms with Gasteiger partial charge in [-0.05, 0) is 18.9 Å². The number of piperidine rings is 1. The second kappa shape index (κ2) is 6.50. The SMILES string of the molecule is C=[N+]1CCC(CN2CCN(CCC)CC2)CC1. The van der Waals surface area contributed by atoms with E-state index in [1.54, 1.807) is 0 Å². The van der Waals surface area contributed by atoms with Crippen LogP contribution in [0.1, 0.15) is 26.2 Å². The fourth-order valence-corrected chi connectivity index (χ4v) is 3.05. The highest BCUT2D eigenvalue weighted by Crippen LogP contribution is 2.16. The molecule has 3 heteroatoms. The Hall–Kier alpha value is -0.410. The molecule has 0 atom stereocenters. The van der Waals surface area contributed by atoms with E-state index in [1.165, 1.54) is 71.6 Å². The van der Waals surface area contributed by atoms with Gasteiger partial charge in [-0.25, -0.2) is 4.58 Å². The van der Waals surface area contributed by atoms with Crippen LogP contribution in [0.15, 0.2) is 0 Å². The molecular formula is C14H28N3+. The predicted octanol–water partition coefficient (Wildman–Crippen LogP) is 1.14. The molecule has 0 N–H and O–H groups in total. The molecule has 0 saturated carbocycles. The van der Waals surface area contributed by atoms with Gasteiger partial charge in [-0.2, -0.15) is 0 Å². The van der Waals surface area contributed by atoms with Gasteiger partial charge in [0.2, 0.25) is 0 Å². The Labute approximate surface area is 106 Å². The molecule has 0 bridgehead atoms. The lowest BCUT2D eigenvalue weighted by Crippen LogP contribution is -2.48. The van der Waals surface area contributed by atoms with Gasteiger partial charge in [0.05, 0.1) is 0 Å². The topological polar surface area (TPSA) is 9.49 Å². The summed E-state index contributed by atoms with van der Waals surface area (Å²) >= 11 is 0. The van der Waals surface area contributed by atoms with Crippen molar-refractivity contribution < 1.29 is 4.58 Å². The van der Waals surface area contributed by atoms with Crippen LogP contribution in [0.2, 0.25) is 0 Å². The molecular weight excluding hydrogens is 210 g/mol. The van der Waals surface area contributed by atoms with Gasteiger partial charge < -0.3 is 9.80 Å². The summed E-state index contributed by atoms with van der Waals surface area (Å²) in [5.41, 5.74) is 0. The first-order valence-electron chi connectivity index (χ1n) is 7.28. The van der Waals surface area contributed by atoms with Gasteiger partial charge in [0.25, 0.3) is 0 Å². The highest BCUT2D eigenvalue weighted by molar-refractivity contribution is 5.14. The number of hydrogen-bond acceptors (Lipinski definition) is 2. The van der Waals surface area contributed by atoms with Crippen LogP contribution in [0.4, 0.5) is 0 Å². The summed E-state index contributed by atoms with van der Waals surface area (Å²) in [6.07, 6.45) is 3.99. The fourth-order valence-electron chi connectivity index (χ4n) is 3.05. The van der Waals surface area contributed by atoms with Gasteiger partial charge in [-0.15, -0.1) is 0 Å². The van der Waals surface area contributed by atoms with Crippen LogP contribution in [0.25, 0.3) is 0 Å². The first-order valence-corrected chi connectivity index (χ1v) is 7.28. The molecule has 0 aliphatic carbocycles. The summed E-state index contributed by atoms with van der Waals surface area (Å²) in [7, 11) is 0. The van der Waals surface area contributed by atoms with Crippen molar-refractivity contribution >= 4 is 6.72 Å². The van der Waals surface area contributed by atoms with Gasteiger partial charge in [0.1, 0.15) is 19.8 Å². The van der Waals surface area contributed by atoms with E-state index >= 15 is 0 Å². The minimum absolute atomic E-state index is 0.922. The average molecular weight is 238 g/mol. The quantitative estimate of drug-likeness (QED) is 0.679. The van der Waals surface area contributed by atoms with Gasteiger partial charge >= 0.3 is 0 Å². The van der Waals surface area contributed by atoms with E-state index in [4.69, 9.17) is 0 Å². The summed E-state index contributed by atoms with van der Waals surface area (Å²) in [4.78, 5) is 5.28. The Bertz CT molecular complexity index is 234. The Morgan fingerprint density at radius 2 is 1.65 bits per heavy atom. The molecule has 17 heavy (non-hydrogen) atoms. The molecule has 0 unspecified atom stereocenters. The average Bonchev–Trinajstić information content (AvgIpc) is 2.35. The van der Waals surface area contributed by atoms with Crippen molar-refractivity contribution in [2.45, 2.75) is 26.2 Å². The molecule has 3 nitrogen and oxygen atoms in total. The maximum absolute atomic E-state index is 4.02. The van der Waals surface area contributed by atoms with Crippen LogP contribution in [0, 0.1) is 5.92 Å². The number of rotatable bonds is 4. The number of hydrogen-bond donors (Lipinski definition) is 0. The monoisotopic (exact) mass is 238 g/mol. The number of nitrogens with zero attached hydrogens (tertiary/aromatic N) is 3. The molecule has 2 rings (SSSR count). The van der Waals surface area contributed by atoms with Gasteiger partial charge in [0.15, 0.2) is 0 Å². The smallest absolute Gasteiger partial charge is 0.142 e. The van der Waals surface area contributed by atoms with E-state index in [9.17, 15) is 0 Å². The Morgan fingerprint density at radius 1 is 1.06 bits per heavy atom. The van der Waals surface area contributed by atoms with Crippen LogP contribution in [-0.2, 0) is 0 Å². The molecule has 2 fully saturated rings. The lowest BCUT2D eigenvalue weighted by Gasteiger charge is -2.36. The van der Waals surface area contributed by atoms with Crippen molar-refractivity contribution in [3.63, 3.8) is 0 Å². The molecule has 0 spiro atoms. The van der Waals surface area contributed by atoms with E-state index < -0.39 is 0 Å². The summed E-state index contributed by atoms with van der Waals surface area (Å²) in [6, 6.07) is 0. The maximum Gasteiger partial charge on any atom is 0.142 e. The molecule has 0 amide bonds. The second-order valence-electron chi connectivity index (χ2n) is 5.70. The summed E-state index contributed by atoms with van der Waals surface area (Å²) in [5, 5.41) is 0. The molecule has 0 aromatic carbocycles. The van der Waals surface area contributed by atoms with Crippen molar-refractivity contribution in [2.24, 2.45) is 5.92 Å². The van der Waals surface area contributed by atoms with E-state index in [1.807, 2.05) is 0 Å². The summed E-state index contributed by atoms with van der Waals surface area (Å²) in [5.74, 6) is 0.922. The summed E-state index contributed by atoms with van der Waals surface area (Å²) < 4.78 is 2.22. The molecule has 2 aliphatic rings. The maximum atomic E-state index is 4.02. The zero-order valence-electron chi connectivity index (χ0n) is 11.4. The van der Waals surface area contributed by atoms with E-state index in [0.717, 1.165) is 5.92 Å². The molecule has 0 radical (unpaired) electrons. The first-order chi connectivity index (χ1) is 8.28. The Balaban J connectivity index is 1.66. The minimum atomic E-state index is 0.922. The van der Waals surface area contributed by atoms with Gasteiger partial charge in [-0.1, -0.05) is 6.92 Å². The van der Waals surface area contributed by atoms with E-state index in [0.29, 0.717) is 0 Å². The van der Waals surface area contributed by atoms with Crippen molar-refractivity contribution in [3.05, 3.63) is 0 Å². The Morgan fingerprint density at radius 3 is 2.24 bits per heavy atom. The lowest BCUT2D eigenvalue weighted by atomic mass is 9.97. The van der Waals surface area contributed by atoms with Crippen LogP contribution >= 0.6 is 0 Å². The van der Waals surface area contributed by atoms with Crippen LogP contribution in [0.5, 0.6) is 0 Å². The minimum Gasteiger partial charge on any atom is -0.301 e. The highest BCUT2D eigenvalue weighted by atomic mass is 15.3. The second-order valence-corrected chi connectivity index (χ2v) is 5.70. The van der Waals surface area contributed by atoms with Crippen LogP contribution in [0.3, 0.4) is 0 Å². The van der Waals surface area contributed by atoms with Crippen molar-refractivity contribution in [3.8, 4) is 0 Å². The van der Waals surface area contributed by atoms with Crippen LogP contribution < -0.4 is 0 Å². The highest BCUT2D eigenvalue weighted by Gasteiger charge is 2.24. The predicted molar refractivity (Wildman–Crippen MR) is 73.0 cm³/mol. The lowest BCUT2D eigenvalue weighted by molar-refractivity contribution is -0.532. The zero-order valence-corrected chi connectivity index (χ0v) is 11.4. The zero-order chi connectivity index (χ0) is 12.1. The van der Waals surface area contributed by atoms with E-state index in [2.05, 4.69) is 28.0 Å². The molecule has 98 valence electrons. The summed E-state index contributed by atoms with van der Waals surface area (Å²) in [6.45, 7) is 16.4. The molecule has 2 heterocycles. The van der Waals surface area contributed by atoms with Crippen molar-refractivity contribution in [1.82, 2.24) is 9.80 Å². The first kappa shape index (κ1) is 13.0. The third-order valence-electron chi connectivity index (χ3n) is 4.23.